The molecule has 32 heavy (non-hydrogen) atoms. The van der Waals surface area contributed by atoms with Crippen LogP contribution in [0, 0.1) is 17.1 Å². The van der Waals surface area contributed by atoms with Gasteiger partial charge in [0.25, 0.3) is 5.91 Å². The van der Waals surface area contributed by atoms with E-state index in [1.165, 1.54) is 18.2 Å². The molecule has 3 rings (SSSR count). The molecular weight excluding hydrogens is 542 g/mol. The van der Waals surface area contributed by atoms with Crippen LogP contribution < -0.4 is 10.1 Å². The Morgan fingerprint density at radius 2 is 1.84 bits per heavy atom. The minimum atomic E-state index is -0.652. The Balaban J connectivity index is 1.78. The van der Waals surface area contributed by atoms with E-state index in [2.05, 4.69) is 21.2 Å². The first-order valence-electron chi connectivity index (χ1n) is 9.02. The lowest BCUT2D eigenvalue weighted by Crippen LogP contribution is -2.13. The third-order valence-corrected chi connectivity index (χ3v) is 5.88. The number of rotatable bonds is 6. The van der Waals surface area contributed by atoms with Gasteiger partial charge in [-0.1, -0.05) is 53.0 Å². The van der Waals surface area contributed by atoms with Crippen LogP contribution in [-0.4, -0.2) is 5.91 Å². The van der Waals surface area contributed by atoms with Gasteiger partial charge in [-0.25, -0.2) is 4.39 Å². The molecule has 3 aromatic rings. The van der Waals surface area contributed by atoms with Crippen LogP contribution in [0.3, 0.4) is 0 Å². The molecule has 9 heteroatoms. The molecule has 0 radical (unpaired) electrons. The van der Waals surface area contributed by atoms with E-state index in [4.69, 9.17) is 39.5 Å². The lowest BCUT2D eigenvalue weighted by atomic mass is 10.1. The predicted octanol–water partition coefficient (Wildman–Crippen LogP) is 7.67. The zero-order chi connectivity index (χ0) is 23.3. The lowest BCUT2D eigenvalue weighted by Gasteiger charge is -2.12. The Morgan fingerprint density at radius 1 is 1.12 bits per heavy atom. The van der Waals surface area contributed by atoms with Crippen LogP contribution in [-0.2, 0) is 11.4 Å². The Bertz CT molecular complexity index is 1220. The van der Waals surface area contributed by atoms with Crippen molar-refractivity contribution in [1.82, 2.24) is 0 Å². The highest BCUT2D eigenvalue weighted by atomic mass is 79.9. The van der Waals surface area contributed by atoms with E-state index in [0.717, 1.165) is 5.56 Å². The molecule has 0 aliphatic rings. The number of amides is 1. The minimum absolute atomic E-state index is 0.163. The molecule has 0 aliphatic carbocycles. The summed E-state index contributed by atoms with van der Waals surface area (Å²) in [6.07, 6.45) is 1.38. The van der Waals surface area contributed by atoms with Crippen molar-refractivity contribution in [1.29, 1.82) is 5.26 Å². The van der Waals surface area contributed by atoms with Gasteiger partial charge in [0, 0.05) is 0 Å². The first-order chi connectivity index (χ1) is 15.3. The van der Waals surface area contributed by atoms with Crippen LogP contribution >= 0.6 is 50.7 Å². The molecule has 162 valence electrons. The third-order valence-electron chi connectivity index (χ3n) is 4.19. The lowest BCUT2D eigenvalue weighted by molar-refractivity contribution is -0.112. The number of hydrogen-bond acceptors (Lipinski definition) is 3. The van der Waals surface area contributed by atoms with Gasteiger partial charge < -0.3 is 10.1 Å². The van der Waals surface area contributed by atoms with Crippen molar-refractivity contribution < 1.29 is 13.9 Å². The van der Waals surface area contributed by atoms with Gasteiger partial charge in [0.1, 0.15) is 24.1 Å². The fraction of sp³-hybridized carbons (Fsp3) is 0.0435. The molecule has 0 saturated heterocycles. The largest absolute Gasteiger partial charge is 0.486 e. The number of nitrogens with zero attached hydrogens (tertiary/aromatic N) is 1. The fourth-order valence-corrected chi connectivity index (χ4v) is 3.98. The maximum Gasteiger partial charge on any atom is 0.266 e. The molecule has 0 fully saturated rings. The maximum absolute atomic E-state index is 13.0. The monoisotopic (exact) mass is 552 g/mol. The van der Waals surface area contributed by atoms with Gasteiger partial charge in [-0.2, -0.15) is 5.26 Å². The number of halogens is 5. The highest BCUT2D eigenvalue weighted by Gasteiger charge is 2.15. The fourth-order valence-electron chi connectivity index (χ4n) is 2.64. The molecule has 3 aromatic carbocycles. The normalized spacial score (nSPS) is 11.1. The van der Waals surface area contributed by atoms with Crippen LogP contribution in [0.1, 0.15) is 11.1 Å². The maximum atomic E-state index is 13.0. The Kier molecular flexibility index (Phi) is 8.16. The van der Waals surface area contributed by atoms with Crippen molar-refractivity contribution in [3.63, 3.8) is 0 Å². The molecule has 0 aliphatic heterocycles. The van der Waals surface area contributed by atoms with E-state index in [1.807, 2.05) is 6.07 Å². The summed E-state index contributed by atoms with van der Waals surface area (Å²) < 4.78 is 19.3. The number of carbonyl (C=O) groups is 1. The van der Waals surface area contributed by atoms with Crippen molar-refractivity contribution in [3.05, 3.63) is 96.7 Å². The van der Waals surface area contributed by atoms with E-state index in [0.29, 0.717) is 15.8 Å². The second-order valence-corrected chi connectivity index (χ2v) is 8.50. The van der Waals surface area contributed by atoms with E-state index in [9.17, 15) is 14.4 Å². The van der Waals surface area contributed by atoms with Crippen molar-refractivity contribution in [2.24, 2.45) is 0 Å². The second-order valence-electron chi connectivity index (χ2n) is 6.45. The Morgan fingerprint density at radius 3 is 2.50 bits per heavy atom. The van der Waals surface area contributed by atoms with Crippen molar-refractivity contribution in [2.45, 2.75) is 6.61 Å². The predicted molar refractivity (Wildman–Crippen MR) is 129 cm³/mol. The molecular formula is C23H13BrCl3FN2O2. The molecule has 0 bridgehead atoms. The molecule has 4 nitrogen and oxygen atoms in total. The summed E-state index contributed by atoms with van der Waals surface area (Å²) in [5.74, 6) is -0.610. The number of carbonyl (C=O) groups excluding carboxylic acids is 1. The van der Waals surface area contributed by atoms with Crippen LogP contribution in [0.2, 0.25) is 15.1 Å². The van der Waals surface area contributed by atoms with Crippen LogP contribution in [0.25, 0.3) is 6.08 Å². The first-order valence-corrected chi connectivity index (χ1v) is 10.9. The highest BCUT2D eigenvalue weighted by Crippen LogP contribution is 2.36. The highest BCUT2D eigenvalue weighted by molar-refractivity contribution is 9.10. The summed E-state index contributed by atoms with van der Waals surface area (Å²) in [6, 6.07) is 15.8. The number of hydrogen-bond donors (Lipinski definition) is 1. The average molecular weight is 555 g/mol. The molecule has 0 aromatic heterocycles. The molecule has 0 spiro atoms. The van der Waals surface area contributed by atoms with Gasteiger partial charge in [-0.3, -0.25) is 4.79 Å². The van der Waals surface area contributed by atoms with Crippen LogP contribution in [0.5, 0.6) is 5.75 Å². The second kappa shape index (κ2) is 10.8. The van der Waals surface area contributed by atoms with Crippen molar-refractivity contribution in [3.8, 4) is 11.8 Å². The topological polar surface area (TPSA) is 62.1 Å². The first kappa shape index (κ1) is 24.1. The summed E-state index contributed by atoms with van der Waals surface area (Å²) in [5.41, 5.74) is 1.39. The zero-order valence-electron chi connectivity index (χ0n) is 16.1. The number of benzene rings is 3. The number of ether oxygens (including phenoxy) is 1. The van der Waals surface area contributed by atoms with Gasteiger partial charge in [-0.15, -0.1) is 0 Å². The molecule has 1 N–H and O–H groups in total. The van der Waals surface area contributed by atoms with Gasteiger partial charge >= 0.3 is 0 Å². The summed E-state index contributed by atoms with van der Waals surface area (Å²) >= 11 is 21.8. The van der Waals surface area contributed by atoms with E-state index >= 15 is 0 Å². The molecule has 0 unspecified atom stereocenters. The standard InChI is InChI=1S/C23H13BrCl3FN2O2/c24-17-9-14(10-19(26)22(17)32-12-13-4-6-16(28)7-5-13)8-15(11-29)23(31)30-20-3-1-2-18(25)21(20)27/h1-10H,12H2,(H,30,31)/b15-8-. The molecule has 1 amide bonds. The summed E-state index contributed by atoms with van der Waals surface area (Å²) in [5, 5.41) is 12.7. The number of nitriles is 1. The zero-order valence-corrected chi connectivity index (χ0v) is 20.0. The van der Waals surface area contributed by atoms with Crippen molar-refractivity contribution >= 4 is 68.4 Å². The van der Waals surface area contributed by atoms with E-state index < -0.39 is 5.91 Å². The van der Waals surface area contributed by atoms with Gasteiger partial charge in [0.05, 0.1) is 25.2 Å². The van der Waals surface area contributed by atoms with Crippen molar-refractivity contribution in [2.75, 3.05) is 5.32 Å². The quantitative estimate of drug-likeness (QED) is 0.251. The number of anilines is 1. The van der Waals surface area contributed by atoms with Crippen LogP contribution in [0.15, 0.2) is 64.6 Å². The van der Waals surface area contributed by atoms with Gasteiger partial charge in [0.2, 0.25) is 0 Å². The van der Waals surface area contributed by atoms with E-state index in [-0.39, 0.29) is 38.8 Å². The summed E-state index contributed by atoms with van der Waals surface area (Å²) in [7, 11) is 0. The molecule has 0 saturated carbocycles. The number of nitrogens with one attached hydrogen (secondary N) is 1. The smallest absolute Gasteiger partial charge is 0.266 e. The molecule has 0 heterocycles. The summed E-state index contributed by atoms with van der Waals surface area (Å²) in [6.45, 7) is 0.181. The third kappa shape index (κ3) is 6.02. The minimum Gasteiger partial charge on any atom is -0.486 e. The summed E-state index contributed by atoms with van der Waals surface area (Å²) in [4.78, 5) is 12.5. The molecule has 0 atom stereocenters. The van der Waals surface area contributed by atoms with Gasteiger partial charge in [-0.05, 0) is 69.5 Å². The Hall–Kier alpha value is -2.56. The van der Waals surface area contributed by atoms with E-state index in [1.54, 1.807) is 42.5 Å². The van der Waals surface area contributed by atoms with Crippen LogP contribution in [0.4, 0.5) is 10.1 Å². The van der Waals surface area contributed by atoms with Gasteiger partial charge in [0.15, 0.2) is 5.75 Å². The SMILES string of the molecule is N#C/C(=C/c1cc(Cl)c(OCc2ccc(F)cc2)c(Br)c1)C(=O)Nc1cccc(Cl)c1Cl. The Labute approximate surface area is 207 Å². The average Bonchev–Trinajstić information content (AvgIpc) is 2.76.